The van der Waals surface area contributed by atoms with Gasteiger partial charge in [0.1, 0.15) is 11.4 Å². The van der Waals surface area contributed by atoms with Crippen molar-refractivity contribution in [2.75, 3.05) is 33.8 Å². The smallest absolute Gasteiger partial charge is 0.407 e. The molecule has 1 aliphatic rings. The van der Waals surface area contributed by atoms with Crippen LogP contribution in [0.15, 0.2) is 29.3 Å². The lowest BCUT2D eigenvalue weighted by atomic mass is 10.1. The summed E-state index contributed by atoms with van der Waals surface area (Å²) in [5.74, 6) is 1.76. The molecule has 0 saturated carbocycles. The van der Waals surface area contributed by atoms with E-state index < -0.39 is 5.60 Å². The Bertz CT molecular complexity index is 653. The zero-order chi connectivity index (χ0) is 20.6. The quantitative estimate of drug-likeness (QED) is 0.444. The van der Waals surface area contributed by atoms with Crippen molar-refractivity contribution in [1.82, 2.24) is 15.5 Å². The Balaban J connectivity index is 1.71. The van der Waals surface area contributed by atoms with Gasteiger partial charge < -0.3 is 25.0 Å². The van der Waals surface area contributed by atoms with Crippen LogP contribution in [0.25, 0.3) is 0 Å². The minimum atomic E-state index is -0.482. The Hall–Kier alpha value is -2.44. The van der Waals surface area contributed by atoms with Crippen molar-refractivity contribution < 1.29 is 14.3 Å². The number of aliphatic imine (C=N–C) groups is 1. The highest BCUT2D eigenvalue weighted by atomic mass is 16.6. The van der Waals surface area contributed by atoms with Gasteiger partial charge in [-0.3, -0.25) is 4.99 Å². The third kappa shape index (κ3) is 7.29. The number of nitrogens with one attached hydrogen (secondary N) is 2. The number of hydrogen-bond acceptors (Lipinski definition) is 4. The molecule has 2 N–H and O–H groups in total. The van der Waals surface area contributed by atoms with Crippen LogP contribution < -0.4 is 15.4 Å². The van der Waals surface area contributed by atoms with E-state index in [1.54, 1.807) is 14.2 Å². The molecule has 0 aliphatic carbocycles. The summed E-state index contributed by atoms with van der Waals surface area (Å²) >= 11 is 0. The highest BCUT2D eigenvalue weighted by Crippen LogP contribution is 2.13. The first-order valence-corrected chi connectivity index (χ1v) is 9.89. The van der Waals surface area contributed by atoms with E-state index in [9.17, 15) is 4.79 Å². The van der Waals surface area contributed by atoms with Gasteiger partial charge in [-0.05, 0) is 57.7 Å². The maximum atomic E-state index is 11.9. The van der Waals surface area contributed by atoms with Crippen LogP contribution in [0, 0.1) is 0 Å². The molecular formula is C21H34N4O3. The Morgan fingerprint density at radius 2 is 2.00 bits per heavy atom. The first-order chi connectivity index (χ1) is 13.3. The van der Waals surface area contributed by atoms with Crippen molar-refractivity contribution >= 4 is 12.1 Å². The molecule has 2 rings (SSSR count). The van der Waals surface area contributed by atoms with Crippen molar-refractivity contribution in [2.24, 2.45) is 4.99 Å². The van der Waals surface area contributed by atoms with Crippen molar-refractivity contribution in [1.29, 1.82) is 0 Å². The molecule has 156 valence electrons. The van der Waals surface area contributed by atoms with Crippen LogP contribution in [-0.2, 0) is 11.2 Å². The normalized spacial score (nSPS) is 17.4. The number of likely N-dealkylation sites (tertiary alicyclic amines) is 1. The zero-order valence-corrected chi connectivity index (χ0v) is 17.7. The number of amides is 1. The minimum absolute atomic E-state index is 0.0766. The number of nitrogens with zero attached hydrogens (tertiary/aromatic N) is 2. The van der Waals surface area contributed by atoms with E-state index in [1.165, 1.54) is 5.56 Å². The largest absolute Gasteiger partial charge is 0.497 e. The molecule has 28 heavy (non-hydrogen) atoms. The van der Waals surface area contributed by atoms with Crippen LogP contribution in [0.4, 0.5) is 4.79 Å². The fraction of sp³-hybridized carbons (Fsp3) is 0.619. The molecule has 0 spiro atoms. The van der Waals surface area contributed by atoms with Crippen LogP contribution >= 0.6 is 0 Å². The van der Waals surface area contributed by atoms with E-state index in [1.807, 2.05) is 32.9 Å². The van der Waals surface area contributed by atoms with E-state index >= 15 is 0 Å². The van der Waals surface area contributed by atoms with E-state index in [0.29, 0.717) is 0 Å². The average molecular weight is 391 g/mol. The number of carbonyl (C=O) groups excluding carboxylic acids is 1. The number of rotatable bonds is 6. The second-order valence-corrected chi connectivity index (χ2v) is 8.00. The molecule has 0 radical (unpaired) electrons. The highest BCUT2D eigenvalue weighted by Gasteiger charge is 2.27. The average Bonchev–Trinajstić information content (AvgIpc) is 3.08. The number of hydrogen-bond donors (Lipinski definition) is 2. The van der Waals surface area contributed by atoms with Gasteiger partial charge in [0.2, 0.25) is 0 Å². The fourth-order valence-corrected chi connectivity index (χ4v) is 3.16. The lowest BCUT2D eigenvalue weighted by Crippen LogP contribution is -2.44. The molecule has 1 atom stereocenters. The van der Waals surface area contributed by atoms with Crippen molar-refractivity contribution in [2.45, 2.75) is 51.7 Å². The number of alkyl carbamates (subject to hydrolysis) is 1. The summed E-state index contributed by atoms with van der Waals surface area (Å²) < 4.78 is 10.5. The van der Waals surface area contributed by atoms with E-state index in [2.05, 4.69) is 32.7 Å². The van der Waals surface area contributed by atoms with Gasteiger partial charge in [-0.15, -0.1) is 0 Å². The van der Waals surface area contributed by atoms with E-state index in [-0.39, 0.29) is 12.1 Å². The van der Waals surface area contributed by atoms with Crippen LogP contribution in [0.5, 0.6) is 5.75 Å². The number of guanidine groups is 1. The molecule has 1 aromatic rings. The van der Waals surface area contributed by atoms with Gasteiger partial charge in [0, 0.05) is 26.7 Å². The monoisotopic (exact) mass is 390 g/mol. The predicted octanol–water partition coefficient (Wildman–Crippen LogP) is 2.80. The molecule has 7 nitrogen and oxygen atoms in total. The van der Waals surface area contributed by atoms with Crippen molar-refractivity contribution in [3.63, 3.8) is 0 Å². The number of ether oxygens (including phenoxy) is 2. The maximum Gasteiger partial charge on any atom is 0.407 e. The van der Waals surface area contributed by atoms with Gasteiger partial charge in [-0.2, -0.15) is 0 Å². The van der Waals surface area contributed by atoms with Gasteiger partial charge in [0.15, 0.2) is 5.96 Å². The van der Waals surface area contributed by atoms with Gasteiger partial charge >= 0.3 is 6.09 Å². The van der Waals surface area contributed by atoms with Crippen LogP contribution in [0.2, 0.25) is 0 Å². The molecule has 0 bridgehead atoms. The summed E-state index contributed by atoms with van der Waals surface area (Å²) in [6, 6.07) is 8.25. The second kappa shape index (κ2) is 10.2. The molecular weight excluding hydrogens is 356 g/mol. The summed E-state index contributed by atoms with van der Waals surface area (Å²) in [5, 5.41) is 6.37. The molecule has 1 amide bonds. The summed E-state index contributed by atoms with van der Waals surface area (Å²) in [5.41, 5.74) is 0.810. The van der Waals surface area contributed by atoms with Crippen LogP contribution in [0.3, 0.4) is 0 Å². The third-order valence-corrected chi connectivity index (χ3v) is 4.50. The summed E-state index contributed by atoms with van der Waals surface area (Å²) in [6.45, 7) is 8.04. The Morgan fingerprint density at radius 1 is 1.29 bits per heavy atom. The van der Waals surface area contributed by atoms with E-state index in [4.69, 9.17) is 9.47 Å². The molecule has 1 heterocycles. The summed E-state index contributed by atoms with van der Waals surface area (Å²) in [7, 11) is 3.47. The molecule has 1 fully saturated rings. The Kier molecular flexibility index (Phi) is 7.96. The molecule has 0 aromatic heterocycles. The molecule has 7 heteroatoms. The van der Waals surface area contributed by atoms with Crippen molar-refractivity contribution in [3.8, 4) is 5.75 Å². The summed E-state index contributed by atoms with van der Waals surface area (Å²) in [4.78, 5) is 18.5. The molecule has 1 saturated heterocycles. The number of carbonyl (C=O) groups is 1. The summed E-state index contributed by atoms with van der Waals surface area (Å²) in [6.07, 6.45) is 2.53. The van der Waals surface area contributed by atoms with Gasteiger partial charge in [0.05, 0.1) is 13.2 Å². The lowest BCUT2D eigenvalue weighted by molar-refractivity contribution is 0.0507. The minimum Gasteiger partial charge on any atom is -0.497 e. The van der Waals surface area contributed by atoms with Gasteiger partial charge in [-0.1, -0.05) is 12.1 Å². The number of benzene rings is 1. The Labute approximate surface area is 168 Å². The van der Waals surface area contributed by atoms with E-state index in [0.717, 1.165) is 50.6 Å². The van der Waals surface area contributed by atoms with Crippen LogP contribution in [-0.4, -0.2) is 62.4 Å². The fourth-order valence-electron chi connectivity index (χ4n) is 3.16. The lowest BCUT2D eigenvalue weighted by Gasteiger charge is -2.23. The van der Waals surface area contributed by atoms with Crippen molar-refractivity contribution in [3.05, 3.63) is 29.8 Å². The zero-order valence-electron chi connectivity index (χ0n) is 17.7. The van der Waals surface area contributed by atoms with Crippen LogP contribution in [0.1, 0.15) is 39.2 Å². The molecule has 1 unspecified atom stereocenters. The first kappa shape index (κ1) is 21.9. The second-order valence-electron chi connectivity index (χ2n) is 8.00. The van der Waals surface area contributed by atoms with Gasteiger partial charge in [-0.25, -0.2) is 4.79 Å². The topological polar surface area (TPSA) is 75.2 Å². The maximum absolute atomic E-state index is 11.9. The number of methoxy groups -OCH3 is 1. The first-order valence-electron chi connectivity index (χ1n) is 9.89. The standard InChI is InChI=1S/C21H34N4O3/c1-21(2,3)28-20(26)24-17-12-14-25(15-17)19(22-4)23-13-6-7-16-8-10-18(27-5)11-9-16/h8-11,17H,6-7,12-15H2,1-5H3,(H,22,23)(H,24,26). The molecule has 1 aromatic carbocycles. The Morgan fingerprint density at radius 3 is 2.61 bits per heavy atom. The third-order valence-electron chi connectivity index (χ3n) is 4.50. The highest BCUT2D eigenvalue weighted by molar-refractivity contribution is 5.80. The number of aryl methyl sites for hydroxylation is 1. The predicted molar refractivity (Wildman–Crippen MR) is 112 cm³/mol. The molecule has 1 aliphatic heterocycles. The van der Waals surface area contributed by atoms with Gasteiger partial charge in [0.25, 0.3) is 0 Å². The SMILES string of the molecule is CN=C(NCCCc1ccc(OC)cc1)N1CCC(NC(=O)OC(C)(C)C)C1.